The number of hydrogen-bond acceptors (Lipinski definition) is 4. The Morgan fingerprint density at radius 2 is 1.50 bits per heavy atom. The number of para-hydroxylation sites is 1. The van der Waals surface area contributed by atoms with Crippen LogP contribution in [0.3, 0.4) is 0 Å². The quantitative estimate of drug-likeness (QED) is 0.892. The zero-order valence-electron chi connectivity index (χ0n) is 11.5. The van der Waals surface area contributed by atoms with Gasteiger partial charge in [0.05, 0.1) is 4.90 Å². The van der Waals surface area contributed by atoms with E-state index >= 15 is 0 Å². The van der Waals surface area contributed by atoms with Gasteiger partial charge in [-0.3, -0.25) is 0 Å². The lowest BCUT2D eigenvalue weighted by molar-refractivity contribution is 0.454. The number of aryl methyl sites for hydroxylation is 3. The van der Waals surface area contributed by atoms with Crippen molar-refractivity contribution in [3.63, 3.8) is 0 Å². The highest BCUT2D eigenvalue weighted by molar-refractivity contribution is 7.91. The lowest BCUT2D eigenvalue weighted by atomic mass is 10.1. The van der Waals surface area contributed by atoms with Gasteiger partial charge in [0, 0.05) is 0 Å². The first-order valence-corrected chi connectivity index (χ1v) is 7.57. The summed E-state index contributed by atoms with van der Waals surface area (Å²) in [5.74, 6) is -0.187. The van der Waals surface area contributed by atoms with E-state index in [0.29, 0.717) is 16.7 Å². The van der Waals surface area contributed by atoms with Gasteiger partial charge in [-0.05, 0) is 55.7 Å². The Morgan fingerprint density at radius 1 is 0.850 bits per heavy atom. The SMILES string of the molecule is Cc1cc(S(=O)(=O)c2cccc(C)c2O)c(C)cc1O. The van der Waals surface area contributed by atoms with Crippen LogP contribution in [0, 0.1) is 20.8 Å². The molecule has 0 bridgehead atoms. The van der Waals surface area contributed by atoms with Crippen LogP contribution in [0.1, 0.15) is 16.7 Å². The summed E-state index contributed by atoms with van der Waals surface area (Å²) >= 11 is 0. The number of rotatable bonds is 2. The summed E-state index contributed by atoms with van der Waals surface area (Å²) in [6, 6.07) is 7.43. The van der Waals surface area contributed by atoms with Crippen LogP contribution >= 0.6 is 0 Å². The summed E-state index contributed by atoms with van der Waals surface area (Å²) in [6.07, 6.45) is 0. The largest absolute Gasteiger partial charge is 0.508 e. The van der Waals surface area contributed by atoms with Crippen molar-refractivity contribution in [2.24, 2.45) is 0 Å². The Labute approximate surface area is 118 Å². The maximum absolute atomic E-state index is 12.6. The van der Waals surface area contributed by atoms with Crippen LogP contribution in [0.15, 0.2) is 40.1 Å². The van der Waals surface area contributed by atoms with Crippen molar-refractivity contribution in [2.45, 2.75) is 30.6 Å². The van der Waals surface area contributed by atoms with Gasteiger partial charge in [-0.2, -0.15) is 0 Å². The second-order valence-corrected chi connectivity index (χ2v) is 6.72. The van der Waals surface area contributed by atoms with Crippen LogP contribution in [0.25, 0.3) is 0 Å². The third kappa shape index (κ3) is 2.25. The molecular formula is C15H16O4S. The van der Waals surface area contributed by atoms with Gasteiger partial charge >= 0.3 is 0 Å². The molecule has 4 nitrogen and oxygen atoms in total. The van der Waals surface area contributed by atoms with Crippen LogP contribution in [-0.4, -0.2) is 18.6 Å². The summed E-state index contributed by atoms with van der Waals surface area (Å²) in [7, 11) is -3.82. The predicted molar refractivity (Wildman–Crippen MR) is 75.9 cm³/mol. The number of phenols is 2. The fourth-order valence-corrected chi connectivity index (χ4v) is 3.76. The third-order valence-electron chi connectivity index (χ3n) is 3.27. The van der Waals surface area contributed by atoms with Crippen molar-refractivity contribution in [3.05, 3.63) is 47.0 Å². The number of aromatic hydroxyl groups is 2. The van der Waals surface area contributed by atoms with Gasteiger partial charge in [-0.25, -0.2) is 8.42 Å². The first-order chi connectivity index (χ1) is 9.25. The summed E-state index contributed by atoms with van der Waals surface area (Å²) in [5, 5.41) is 19.6. The molecule has 0 unspecified atom stereocenters. The molecule has 0 heterocycles. The predicted octanol–water partition coefficient (Wildman–Crippen LogP) is 2.86. The van der Waals surface area contributed by atoms with Gasteiger partial charge in [-0.1, -0.05) is 12.1 Å². The third-order valence-corrected chi connectivity index (χ3v) is 5.20. The molecule has 0 radical (unpaired) electrons. The number of sulfone groups is 1. The Kier molecular flexibility index (Phi) is 3.48. The normalized spacial score (nSPS) is 11.6. The number of phenolic OH excluding ortho intramolecular Hbond substituents is 2. The van der Waals surface area contributed by atoms with Crippen LogP contribution in [0.4, 0.5) is 0 Å². The van der Waals surface area contributed by atoms with Crippen LogP contribution in [0.2, 0.25) is 0 Å². The molecule has 0 saturated carbocycles. The molecule has 5 heteroatoms. The van der Waals surface area contributed by atoms with E-state index in [1.54, 1.807) is 32.9 Å². The summed E-state index contributed by atoms with van der Waals surface area (Å²) in [4.78, 5) is -0.0283. The van der Waals surface area contributed by atoms with Gasteiger partial charge < -0.3 is 10.2 Å². The van der Waals surface area contributed by atoms with Crippen LogP contribution < -0.4 is 0 Å². The highest BCUT2D eigenvalue weighted by atomic mass is 32.2. The van der Waals surface area contributed by atoms with E-state index in [9.17, 15) is 18.6 Å². The van der Waals surface area contributed by atoms with E-state index in [-0.39, 0.29) is 21.3 Å². The molecule has 2 aromatic rings. The van der Waals surface area contributed by atoms with Crippen LogP contribution in [-0.2, 0) is 9.84 Å². The second-order valence-electron chi connectivity index (χ2n) is 4.83. The summed E-state index contributed by atoms with van der Waals surface area (Å²) < 4.78 is 25.3. The van der Waals surface area contributed by atoms with Crippen LogP contribution in [0.5, 0.6) is 11.5 Å². The molecular weight excluding hydrogens is 276 g/mol. The van der Waals surface area contributed by atoms with E-state index < -0.39 is 9.84 Å². The molecule has 2 aromatic carbocycles. The Morgan fingerprint density at radius 3 is 2.15 bits per heavy atom. The smallest absolute Gasteiger partial charge is 0.210 e. The van der Waals surface area contributed by atoms with E-state index in [2.05, 4.69) is 0 Å². The average Bonchev–Trinajstić information content (AvgIpc) is 2.36. The van der Waals surface area contributed by atoms with Crippen molar-refractivity contribution in [1.29, 1.82) is 0 Å². The first-order valence-electron chi connectivity index (χ1n) is 6.09. The first kappa shape index (κ1) is 14.4. The molecule has 0 aliphatic carbocycles. The molecule has 2 N–H and O–H groups in total. The molecule has 20 heavy (non-hydrogen) atoms. The minimum absolute atomic E-state index is 0.0508. The second kappa shape index (κ2) is 4.83. The van der Waals surface area contributed by atoms with Crippen molar-refractivity contribution in [2.75, 3.05) is 0 Å². The maximum Gasteiger partial charge on any atom is 0.210 e. The van der Waals surface area contributed by atoms with Crippen molar-refractivity contribution >= 4 is 9.84 Å². The number of benzene rings is 2. The number of hydrogen-bond donors (Lipinski definition) is 2. The van der Waals surface area contributed by atoms with Crippen molar-refractivity contribution in [3.8, 4) is 11.5 Å². The lowest BCUT2D eigenvalue weighted by Gasteiger charge is -2.12. The van der Waals surface area contributed by atoms with E-state index in [1.165, 1.54) is 18.2 Å². The molecule has 0 saturated heterocycles. The highest BCUT2D eigenvalue weighted by Crippen LogP contribution is 2.34. The fraction of sp³-hybridized carbons (Fsp3) is 0.200. The zero-order valence-corrected chi connectivity index (χ0v) is 12.3. The van der Waals surface area contributed by atoms with E-state index in [0.717, 1.165) is 0 Å². The summed E-state index contributed by atoms with van der Waals surface area (Å²) in [6.45, 7) is 4.88. The molecule has 0 aromatic heterocycles. The van der Waals surface area contributed by atoms with Crippen molar-refractivity contribution < 1.29 is 18.6 Å². The minimum Gasteiger partial charge on any atom is -0.508 e. The lowest BCUT2D eigenvalue weighted by Crippen LogP contribution is -2.05. The monoisotopic (exact) mass is 292 g/mol. The molecule has 0 aliphatic rings. The van der Waals surface area contributed by atoms with Gasteiger partial charge in [-0.15, -0.1) is 0 Å². The molecule has 0 amide bonds. The Bertz CT molecular complexity index is 777. The summed E-state index contributed by atoms with van der Waals surface area (Å²) in [5.41, 5.74) is 1.41. The van der Waals surface area contributed by atoms with Gasteiger partial charge in [0.15, 0.2) is 0 Å². The van der Waals surface area contributed by atoms with Gasteiger partial charge in [0.1, 0.15) is 16.4 Å². The van der Waals surface area contributed by atoms with E-state index in [1.807, 2.05) is 0 Å². The zero-order chi connectivity index (χ0) is 15.1. The molecule has 0 atom stereocenters. The molecule has 0 fully saturated rings. The Hall–Kier alpha value is -2.01. The molecule has 2 rings (SSSR count). The van der Waals surface area contributed by atoms with Gasteiger partial charge in [0.2, 0.25) is 9.84 Å². The molecule has 0 spiro atoms. The van der Waals surface area contributed by atoms with Crippen molar-refractivity contribution in [1.82, 2.24) is 0 Å². The standard InChI is InChI=1S/C15H16O4S/c1-9-5-4-6-13(15(9)17)20(18,19)14-8-10(2)12(16)7-11(14)3/h4-8,16-17H,1-3H3. The fourth-order valence-electron chi connectivity index (χ4n) is 2.03. The highest BCUT2D eigenvalue weighted by Gasteiger charge is 2.24. The average molecular weight is 292 g/mol. The molecule has 106 valence electrons. The minimum atomic E-state index is -3.82. The Balaban J connectivity index is 2.74. The topological polar surface area (TPSA) is 74.6 Å². The maximum atomic E-state index is 12.6. The van der Waals surface area contributed by atoms with E-state index in [4.69, 9.17) is 0 Å². The molecule has 0 aliphatic heterocycles. The van der Waals surface area contributed by atoms with Gasteiger partial charge in [0.25, 0.3) is 0 Å².